The van der Waals surface area contributed by atoms with Crippen molar-refractivity contribution in [2.24, 2.45) is 17.3 Å². The molecule has 0 saturated carbocycles. The van der Waals surface area contributed by atoms with Crippen molar-refractivity contribution in [3.63, 3.8) is 0 Å². The molecule has 0 aromatic carbocycles. The van der Waals surface area contributed by atoms with Gasteiger partial charge in [0.25, 0.3) is 0 Å². The first kappa shape index (κ1) is 11.5. The Hall–Kier alpha value is -0.570. The molecule has 1 heterocycles. The van der Waals surface area contributed by atoms with Crippen LogP contribution in [-0.4, -0.2) is 26.2 Å². The molecule has 1 rings (SSSR count). The van der Waals surface area contributed by atoms with Crippen molar-refractivity contribution in [2.75, 3.05) is 20.2 Å². The lowest BCUT2D eigenvalue weighted by atomic mass is 9.74. The Balaban J connectivity index is 2.56. The molecule has 0 bridgehead atoms. The smallest absolute Gasteiger partial charge is 0.309 e. The van der Waals surface area contributed by atoms with Crippen LogP contribution in [0.3, 0.4) is 0 Å². The van der Waals surface area contributed by atoms with Gasteiger partial charge in [-0.1, -0.05) is 20.8 Å². The predicted molar refractivity (Wildman–Crippen MR) is 55.9 cm³/mol. The number of esters is 1. The monoisotopic (exact) mass is 199 g/mol. The zero-order chi connectivity index (χ0) is 10.8. The van der Waals surface area contributed by atoms with Crippen molar-refractivity contribution in [3.05, 3.63) is 0 Å². The molecule has 1 N–H and O–H groups in total. The number of methoxy groups -OCH3 is 1. The standard InChI is InChI=1S/C11H21NO2/c1-11(2,3)9-5-8(6-12-7-9)10(13)14-4/h8-9,12H,5-7H2,1-4H3. The van der Waals surface area contributed by atoms with Gasteiger partial charge in [-0.05, 0) is 24.3 Å². The molecule has 0 radical (unpaired) electrons. The Labute approximate surface area is 86.2 Å². The molecule has 0 aliphatic carbocycles. The molecule has 0 aromatic rings. The van der Waals surface area contributed by atoms with Crippen LogP contribution in [0, 0.1) is 17.3 Å². The SMILES string of the molecule is COC(=O)C1CNCC(C(C)(C)C)C1. The second kappa shape index (κ2) is 4.30. The third kappa shape index (κ3) is 2.71. The fourth-order valence-corrected chi connectivity index (χ4v) is 1.95. The summed E-state index contributed by atoms with van der Waals surface area (Å²) in [4.78, 5) is 11.4. The van der Waals surface area contributed by atoms with Crippen LogP contribution >= 0.6 is 0 Å². The van der Waals surface area contributed by atoms with Gasteiger partial charge >= 0.3 is 5.97 Å². The summed E-state index contributed by atoms with van der Waals surface area (Å²) in [6.07, 6.45) is 0.948. The highest BCUT2D eigenvalue weighted by Crippen LogP contribution is 2.33. The van der Waals surface area contributed by atoms with Gasteiger partial charge in [0.1, 0.15) is 0 Å². The molecule has 3 nitrogen and oxygen atoms in total. The topological polar surface area (TPSA) is 38.3 Å². The first-order valence-corrected chi connectivity index (χ1v) is 5.23. The quantitative estimate of drug-likeness (QED) is 0.649. The number of hydrogen-bond donors (Lipinski definition) is 1. The van der Waals surface area contributed by atoms with Crippen molar-refractivity contribution in [1.82, 2.24) is 5.32 Å². The molecular formula is C11H21NO2. The van der Waals surface area contributed by atoms with Crippen molar-refractivity contribution in [3.8, 4) is 0 Å². The van der Waals surface area contributed by atoms with Crippen LogP contribution in [0.2, 0.25) is 0 Å². The molecule has 2 unspecified atom stereocenters. The maximum Gasteiger partial charge on any atom is 0.309 e. The number of hydrogen-bond acceptors (Lipinski definition) is 3. The fraction of sp³-hybridized carbons (Fsp3) is 0.909. The van der Waals surface area contributed by atoms with Crippen molar-refractivity contribution >= 4 is 5.97 Å². The van der Waals surface area contributed by atoms with Gasteiger partial charge in [-0.2, -0.15) is 0 Å². The number of carbonyl (C=O) groups is 1. The van der Waals surface area contributed by atoms with Gasteiger partial charge in [-0.15, -0.1) is 0 Å². The van der Waals surface area contributed by atoms with Crippen LogP contribution in [0.4, 0.5) is 0 Å². The van der Waals surface area contributed by atoms with E-state index in [-0.39, 0.29) is 17.3 Å². The van der Waals surface area contributed by atoms with E-state index in [1.165, 1.54) is 7.11 Å². The van der Waals surface area contributed by atoms with Crippen LogP contribution in [0.1, 0.15) is 27.2 Å². The summed E-state index contributed by atoms with van der Waals surface area (Å²) < 4.78 is 4.77. The van der Waals surface area contributed by atoms with Gasteiger partial charge in [0.15, 0.2) is 0 Å². The van der Waals surface area contributed by atoms with Gasteiger partial charge in [-0.25, -0.2) is 0 Å². The molecule has 82 valence electrons. The average molecular weight is 199 g/mol. The largest absolute Gasteiger partial charge is 0.469 e. The zero-order valence-electron chi connectivity index (χ0n) is 9.59. The van der Waals surface area contributed by atoms with Gasteiger partial charge < -0.3 is 10.1 Å². The highest BCUT2D eigenvalue weighted by Gasteiger charge is 2.33. The van der Waals surface area contributed by atoms with Gasteiger partial charge in [0.2, 0.25) is 0 Å². The van der Waals surface area contributed by atoms with Crippen LogP contribution in [-0.2, 0) is 9.53 Å². The minimum atomic E-state index is -0.0774. The van der Waals surface area contributed by atoms with Crippen LogP contribution in [0.5, 0.6) is 0 Å². The summed E-state index contributed by atoms with van der Waals surface area (Å²) in [5.41, 5.74) is 0.264. The lowest BCUT2D eigenvalue weighted by Crippen LogP contribution is -2.44. The van der Waals surface area contributed by atoms with E-state index >= 15 is 0 Å². The Morgan fingerprint density at radius 1 is 1.36 bits per heavy atom. The van der Waals surface area contributed by atoms with E-state index in [0.717, 1.165) is 19.5 Å². The average Bonchev–Trinajstić information content (AvgIpc) is 2.15. The maximum atomic E-state index is 11.4. The lowest BCUT2D eigenvalue weighted by Gasteiger charge is -2.37. The summed E-state index contributed by atoms with van der Waals surface area (Å²) in [6, 6.07) is 0. The van der Waals surface area contributed by atoms with Crippen LogP contribution in [0.25, 0.3) is 0 Å². The highest BCUT2D eigenvalue weighted by atomic mass is 16.5. The molecule has 1 aliphatic heterocycles. The molecule has 0 amide bonds. The van der Waals surface area contributed by atoms with Gasteiger partial charge in [0, 0.05) is 6.54 Å². The summed E-state index contributed by atoms with van der Waals surface area (Å²) in [5, 5.41) is 3.31. The molecule has 14 heavy (non-hydrogen) atoms. The molecule has 1 fully saturated rings. The Kier molecular flexibility index (Phi) is 3.53. The van der Waals surface area contributed by atoms with E-state index in [1.807, 2.05) is 0 Å². The minimum absolute atomic E-state index is 0.0398. The third-order valence-corrected chi connectivity index (χ3v) is 3.11. The molecule has 0 aromatic heterocycles. The van der Waals surface area contributed by atoms with Crippen molar-refractivity contribution in [2.45, 2.75) is 27.2 Å². The van der Waals surface area contributed by atoms with E-state index in [9.17, 15) is 4.79 Å². The first-order chi connectivity index (χ1) is 6.45. The van der Waals surface area contributed by atoms with Crippen LogP contribution < -0.4 is 5.32 Å². The van der Waals surface area contributed by atoms with Crippen LogP contribution in [0.15, 0.2) is 0 Å². The number of nitrogens with one attached hydrogen (secondary N) is 1. The number of carbonyl (C=O) groups excluding carboxylic acids is 1. The first-order valence-electron chi connectivity index (χ1n) is 5.23. The number of piperidine rings is 1. The Morgan fingerprint density at radius 2 is 2.00 bits per heavy atom. The fourth-order valence-electron chi connectivity index (χ4n) is 1.95. The maximum absolute atomic E-state index is 11.4. The summed E-state index contributed by atoms with van der Waals surface area (Å²) >= 11 is 0. The minimum Gasteiger partial charge on any atom is -0.469 e. The lowest BCUT2D eigenvalue weighted by molar-refractivity contribution is -0.147. The second-order valence-corrected chi connectivity index (χ2v) is 5.18. The highest BCUT2D eigenvalue weighted by molar-refractivity contribution is 5.72. The van der Waals surface area contributed by atoms with Gasteiger partial charge in [-0.3, -0.25) is 4.79 Å². The Bertz CT molecular complexity index is 208. The zero-order valence-corrected chi connectivity index (χ0v) is 9.59. The summed E-state index contributed by atoms with van der Waals surface area (Å²) in [7, 11) is 1.46. The molecule has 3 heteroatoms. The van der Waals surface area contributed by atoms with E-state index < -0.39 is 0 Å². The molecule has 2 atom stereocenters. The van der Waals surface area contributed by atoms with E-state index in [1.54, 1.807) is 0 Å². The predicted octanol–water partition coefficient (Wildman–Crippen LogP) is 1.43. The Morgan fingerprint density at radius 3 is 2.50 bits per heavy atom. The summed E-state index contributed by atoms with van der Waals surface area (Å²) in [5.74, 6) is 0.518. The molecule has 0 spiro atoms. The summed E-state index contributed by atoms with van der Waals surface area (Å²) in [6.45, 7) is 8.44. The van der Waals surface area contributed by atoms with E-state index in [4.69, 9.17) is 4.74 Å². The number of rotatable bonds is 1. The van der Waals surface area contributed by atoms with Gasteiger partial charge in [0.05, 0.1) is 13.0 Å². The normalized spacial score (nSPS) is 28.6. The van der Waals surface area contributed by atoms with Crippen molar-refractivity contribution < 1.29 is 9.53 Å². The molecule has 1 saturated heterocycles. The van der Waals surface area contributed by atoms with E-state index in [0.29, 0.717) is 5.92 Å². The van der Waals surface area contributed by atoms with Crippen molar-refractivity contribution in [1.29, 1.82) is 0 Å². The molecular weight excluding hydrogens is 178 g/mol. The van der Waals surface area contributed by atoms with E-state index in [2.05, 4.69) is 26.1 Å². The number of ether oxygens (including phenoxy) is 1. The molecule has 1 aliphatic rings. The third-order valence-electron chi connectivity index (χ3n) is 3.11. The second-order valence-electron chi connectivity index (χ2n) is 5.18.